The fourth-order valence-corrected chi connectivity index (χ4v) is 4.60. The van der Waals surface area contributed by atoms with Gasteiger partial charge in [0.15, 0.2) is 0 Å². The summed E-state index contributed by atoms with van der Waals surface area (Å²) in [5.41, 5.74) is 3.40. The van der Waals surface area contributed by atoms with E-state index < -0.39 is 0 Å². The predicted molar refractivity (Wildman–Crippen MR) is 108 cm³/mol. The number of carbonyl (C=O) groups is 1. The van der Waals surface area contributed by atoms with Crippen molar-refractivity contribution < 1.29 is 9.53 Å². The topological polar surface area (TPSA) is 47.4 Å². The Bertz CT molecular complexity index is 995. The van der Waals surface area contributed by atoms with Crippen molar-refractivity contribution in [2.75, 3.05) is 13.7 Å². The van der Waals surface area contributed by atoms with E-state index in [1.54, 1.807) is 7.11 Å². The van der Waals surface area contributed by atoms with Gasteiger partial charge in [-0.3, -0.25) is 4.79 Å². The number of amides is 1. The van der Waals surface area contributed by atoms with Gasteiger partial charge in [-0.05, 0) is 55.0 Å². The van der Waals surface area contributed by atoms with Crippen LogP contribution in [-0.2, 0) is 11.3 Å². The van der Waals surface area contributed by atoms with Crippen LogP contribution in [0.4, 0.5) is 0 Å². The standard InChI is InChI=1S/C23H25N3O2/c1-28-18-10-8-16(9-11-18)19-13-20(19)23(27)26-12-4-5-17(26)14-25-15-24-21-6-2-3-7-22(21)25/h2-3,6-11,15,17,19-20H,4-5,12-14H2,1H3/t17-,19+,20-/m1/s1. The molecule has 1 aliphatic carbocycles. The maximum Gasteiger partial charge on any atom is 0.226 e. The van der Waals surface area contributed by atoms with Gasteiger partial charge in [-0.2, -0.15) is 0 Å². The molecule has 0 N–H and O–H groups in total. The van der Waals surface area contributed by atoms with Crippen molar-refractivity contribution >= 4 is 16.9 Å². The molecule has 0 unspecified atom stereocenters. The van der Waals surface area contributed by atoms with E-state index in [-0.39, 0.29) is 12.0 Å². The molecule has 144 valence electrons. The number of imidazole rings is 1. The second-order valence-electron chi connectivity index (χ2n) is 7.94. The quantitative estimate of drug-likeness (QED) is 0.681. The van der Waals surface area contributed by atoms with Crippen molar-refractivity contribution in [2.45, 2.75) is 37.8 Å². The predicted octanol–water partition coefficient (Wildman–Crippen LogP) is 3.84. The number of rotatable bonds is 5. The third-order valence-electron chi connectivity index (χ3n) is 6.25. The van der Waals surface area contributed by atoms with E-state index in [0.717, 1.165) is 49.1 Å². The summed E-state index contributed by atoms with van der Waals surface area (Å²) in [7, 11) is 1.68. The Balaban J connectivity index is 1.28. The van der Waals surface area contributed by atoms with Crippen LogP contribution in [0.3, 0.4) is 0 Å². The Hall–Kier alpha value is -2.82. The van der Waals surface area contributed by atoms with Crippen LogP contribution >= 0.6 is 0 Å². The summed E-state index contributed by atoms with van der Waals surface area (Å²) in [6.45, 7) is 1.70. The summed E-state index contributed by atoms with van der Waals surface area (Å²) >= 11 is 0. The van der Waals surface area contributed by atoms with Gasteiger partial charge >= 0.3 is 0 Å². The fraction of sp³-hybridized carbons (Fsp3) is 0.391. The lowest BCUT2D eigenvalue weighted by atomic mass is 10.1. The lowest BCUT2D eigenvalue weighted by Crippen LogP contribution is -2.39. The van der Waals surface area contributed by atoms with E-state index >= 15 is 0 Å². The van der Waals surface area contributed by atoms with Gasteiger partial charge in [0, 0.05) is 25.0 Å². The summed E-state index contributed by atoms with van der Waals surface area (Å²) in [4.78, 5) is 19.8. The normalized spacial score (nSPS) is 23.9. The largest absolute Gasteiger partial charge is 0.497 e. The number of nitrogens with zero attached hydrogens (tertiary/aromatic N) is 3. The van der Waals surface area contributed by atoms with Gasteiger partial charge in [-0.25, -0.2) is 4.98 Å². The number of para-hydroxylation sites is 2. The molecule has 0 spiro atoms. The third kappa shape index (κ3) is 3.05. The summed E-state index contributed by atoms with van der Waals surface area (Å²) in [5.74, 6) is 1.68. The van der Waals surface area contributed by atoms with E-state index in [9.17, 15) is 4.79 Å². The first-order valence-corrected chi connectivity index (χ1v) is 10.1. The highest BCUT2D eigenvalue weighted by molar-refractivity contribution is 5.83. The van der Waals surface area contributed by atoms with Gasteiger partial charge in [-0.15, -0.1) is 0 Å². The van der Waals surface area contributed by atoms with Gasteiger partial charge in [0.05, 0.1) is 24.5 Å². The molecular formula is C23H25N3O2. The molecule has 2 fully saturated rings. The zero-order chi connectivity index (χ0) is 19.1. The summed E-state index contributed by atoms with van der Waals surface area (Å²) < 4.78 is 7.43. The van der Waals surface area contributed by atoms with Crippen LogP contribution in [0.1, 0.15) is 30.7 Å². The second kappa shape index (κ2) is 6.97. The molecule has 1 saturated carbocycles. The maximum atomic E-state index is 13.2. The van der Waals surface area contributed by atoms with E-state index in [0.29, 0.717) is 11.8 Å². The van der Waals surface area contributed by atoms with Crippen molar-refractivity contribution in [2.24, 2.45) is 5.92 Å². The number of likely N-dealkylation sites (tertiary alicyclic amines) is 1. The molecule has 2 heterocycles. The van der Waals surface area contributed by atoms with Crippen molar-refractivity contribution in [3.8, 4) is 5.75 Å². The Kier molecular flexibility index (Phi) is 4.30. The van der Waals surface area contributed by atoms with Gasteiger partial charge < -0.3 is 14.2 Å². The van der Waals surface area contributed by atoms with Gasteiger partial charge in [0.25, 0.3) is 0 Å². The Morgan fingerprint density at radius 2 is 2.00 bits per heavy atom. The Labute approximate surface area is 164 Å². The SMILES string of the molecule is COc1ccc([C@@H]2C[C@H]2C(=O)N2CCC[C@@H]2Cn2cnc3ccccc32)cc1. The number of hydrogen-bond donors (Lipinski definition) is 0. The van der Waals surface area contributed by atoms with Crippen LogP contribution in [0.25, 0.3) is 11.0 Å². The van der Waals surface area contributed by atoms with Crippen molar-refractivity contribution in [1.29, 1.82) is 0 Å². The van der Waals surface area contributed by atoms with E-state index in [1.165, 1.54) is 5.56 Å². The van der Waals surface area contributed by atoms with Crippen LogP contribution in [0.5, 0.6) is 5.75 Å². The monoisotopic (exact) mass is 375 g/mol. The van der Waals surface area contributed by atoms with E-state index in [2.05, 4.69) is 32.7 Å². The van der Waals surface area contributed by atoms with Crippen LogP contribution in [-0.4, -0.2) is 40.1 Å². The Morgan fingerprint density at radius 3 is 2.82 bits per heavy atom. The first-order chi connectivity index (χ1) is 13.7. The number of methoxy groups -OCH3 is 1. The number of ether oxygens (including phenoxy) is 1. The lowest BCUT2D eigenvalue weighted by molar-refractivity contribution is -0.133. The van der Waals surface area contributed by atoms with E-state index in [4.69, 9.17) is 4.74 Å². The molecule has 3 atom stereocenters. The summed E-state index contributed by atoms with van der Waals surface area (Å²) in [6.07, 6.45) is 5.02. The van der Waals surface area contributed by atoms with Gasteiger partial charge in [-0.1, -0.05) is 24.3 Å². The second-order valence-corrected chi connectivity index (χ2v) is 7.94. The number of benzene rings is 2. The first-order valence-electron chi connectivity index (χ1n) is 10.1. The minimum absolute atomic E-state index is 0.133. The average Bonchev–Trinajstić information content (AvgIpc) is 3.23. The number of fused-ring (bicyclic) bond motifs is 1. The molecule has 2 aromatic carbocycles. The maximum absolute atomic E-state index is 13.2. The van der Waals surface area contributed by atoms with Gasteiger partial charge in [0.2, 0.25) is 5.91 Å². The molecule has 2 aliphatic rings. The van der Waals surface area contributed by atoms with Crippen LogP contribution in [0.15, 0.2) is 54.9 Å². The van der Waals surface area contributed by atoms with Crippen molar-refractivity contribution in [3.63, 3.8) is 0 Å². The number of carbonyl (C=O) groups excluding carboxylic acids is 1. The molecule has 5 rings (SSSR count). The molecule has 1 aliphatic heterocycles. The summed E-state index contributed by atoms with van der Waals surface area (Å²) in [6, 6.07) is 16.6. The van der Waals surface area contributed by atoms with Crippen molar-refractivity contribution in [3.05, 3.63) is 60.4 Å². The van der Waals surface area contributed by atoms with Crippen LogP contribution in [0, 0.1) is 5.92 Å². The van der Waals surface area contributed by atoms with Crippen molar-refractivity contribution in [1.82, 2.24) is 14.5 Å². The fourth-order valence-electron chi connectivity index (χ4n) is 4.60. The molecule has 28 heavy (non-hydrogen) atoms. The van der Waals surface area contributed by atoms with Crippen LogP contribution in [0.2, 0.25) is 0 Å². The molecule has 5 heteroatoms. The minimum atomic E-state index is 0.133. The zero-order valence-electron chi connectivity index (χ0n) is 16.1. The average molecular weight is 375 g/mol. The molecule has 1 amide bonds. The molecule has 0 bridgehead atoms. The zero-order valence-corrected chi connectivity index (χ0v) is 16.1. The molecule has 1 saturated heterocycles. The molecule has 3 aromatic rings. The third-order valence-corrected chi connectivity index (χ3v) is 6.25. The molecule has 1 aromatic heterocycles. The highest BCUT2D eigenvalue weighted by atomic mass is 16.5. The highest BCUT2D eigenvalue weighted by Gasteiger charge is 2.47. The first kappa shape index (κ1) is 17.3. The van der Waals surface area contributed by atoms with E-state index in [1.807, 2.05) is 36.7 Å². The smallest absolute Gasteiger partial charge is 0.226 e. The molecule has 0 radical (unpaired) electrons. The Morgan fingerprint density at radius 1 is 1.18 bits per heavy atom. The minimum Gasteiger partial charge on any atom is -0.497 e. The number of aromatic nitrogens is 2. The molecule has 5 nitrogen and oxygen atoms in total. The lowest BCUT2D eigenvalue weighted by Gasteiger charge is -2.25. The van der Waals surface area contributed by atoms with Crippen LogP contribution < -0.4 is 4.74 Å². The molecular weight excluding hydrogens is 350 g/mol. The highest BCUT2D eigenvalue weighted by Crippen LogP contribution is 2.49. The summed E-state index contributed by atoms with van der Waals surface area (Å²) in [5, 5.41) is 0. The van der Waals surface area contributed by atoms with Gasteiger partial charge in [0.1, 0.15) is 5.75 Å². The number of hydrogen-bond acceptors (Lipinski definition) is 3.